The first-order valence-electron chi connectivity index (χ1n) is 5.85. The highest BCUT2D eigenvalue weighted by Gasteiger charge is 2.09. The summed E-state index contributed by atoms with van der Waals surface area (Å²) in [5.41, 5.74) is 10.3. The van der Waals surface area contributed by atoms with Crippen molar-refractivity contribution in [3.63, 3.8) is 0 Å². The topological polar surface area (TPSA) is 96.3 Å². The first-order valence-corrected chi connectivity index (χ1v) is 5.85. The SMILES string of the molecule is Cl.Cl.Nc1nc2cc(-c3cc[nH]n3)ccc2c2[nH]cnc12. The molecule has 0 aliphatic heterocycles. The molecular formula is C13H12Cl2N6. The highest BCUT2D eigenvalue weighted by Crippen LogP contribution is 2.28. The van der Waals surface area contributed by atoms with Crippen LogP contribution in [0, 0.1) is 0 Å². The summed E-state index contributed by atoms with van der Waals surface area (Å²) >= 11 is 0. The first kappa shape index (κ1) is 15.1. The standard InChI is InChI=1S/C13H10N6.2ClH/c14-13-12-11(15-6-16-12)8-2-1-7(5-10(8)18-13)9-3-4-17-19-9;;/h1-6H,(H2,14,18)(H,15,16)(H,17,19);2*1H. The molecule has 0 unspecified atom stereocenters. The highest BCUT2D eigenvalue weighted by molar-refractivity contribution is 6.06. The summed E-state index contributed by atoms with van der Waals surface area (Å²) in [4.78, 5) is 11.7. The van der Waals surface area contributed by atoms with Gasteiger partial charge in [0.25, 0.3) is 0 Å². The van der Waals surface area contributed by atoms with E-state index in [0.717, 1.165) is 27.7 Å². The molecule has 3 heterocycles. The number of nitrogens with zero attached hydrogens (tertiary/aromatic N) is 3. The van der Waals surface area contributed by atoms with Crippen molar-refractivity contribution in [2.45, 2.75) is 0 Å². The number of nitrogens with one attached hydrogen (secondary N) is 2. The van der Waals surface area contributed by atoms with Crippen LogP contribution in [0.25, 0.3) is 33.2 Å². The predicted molar refractivity (Wildman–Crippen MR) is 87.9 cm³/mol. The number of pyridine rings is 1. The number of rotatable bonds is 1. The number of nitrogens with two attached hydrogens (primary N) is 1. The number of imidazole rings is 1. The maximum absolute atomic E-state index is 5.92. The number of aromatic nitrogens is 5. The average Bonchev–Trinajstić information content (AvgIpc) is 3.10. The Labute approximate surface area is 132 Å². The Hall–Kier alpha value is -2.31. The van der Waals surface area contributed by atoms with Crippen LogP contribution in [0.1, 0.15) is 0 Å². The second-order valence-electron chi connectivity index (χ2n) is 4.31. The van der Waals surface area contributed by atoms with Crippen LogP contribution in [0.4, 0.5) is 5.82 Å². The average molecular weight is 323 g/mol. The fourth-order valence-electron chi connectivity index (χ4n) is 2.29. The number of fused-ring (bicyclic) bond motifs is 3. The number of H-pyrrole nitrogens is 2. The Morgan fingerprint density at radius 2 is 1.95 bits per heavy atom. The van der Waals surface area contributed by atoms with Gasteiger partial charge in [-0.1, -0.05) is 6.07 Å². The Morgan fingerprint density at radius 3 is 2.71 bits per heavy atom. The van der Waals surface area contributed by atoms with Crippen molar-refractivity contribution in [1.82, 2.24) is 25.1 Å². The predicted octanol–water partition coefficient (Wildman–Crippen LogP) is 2.93. The van der Waals surface area contributed by atoms with Gasteiger partial charge in [0.1, 0.15) is 5.52 Å². The van der Waals surface area contributed by atoms with Crippen LogP contribution >= 0.6 is 24.8 Å². The number of anilines is 1. The molecular weight excluding hydrogens is 311 g/mol. The van der Waals surface area contributed by atoms with Crippen LogP contribution in [-0.2, 0) is 0 Å². The summed E-state index contributed by atoms with van der Waals surface area (Å²) in [5, 5.41) is 7.97. The molecule has 0 aliphatic carbocycles. The fraction of sp³-hybridized carbons (Fsp3) is 0. The molecule has 4 rings (SSSR count). The molecule has 3 aromatic heterocycles. The number of hydrogen-bond donors (Lipinski definition) is 3. The van der Waals surface area contributed by atoms with Gasteiger partial charge in [-0.2, -0.15) is 5.10 Å². The first-order chi connectivity index (χ1) is 9.33. The molecule has 6 nitrogen and oxygen atoms in total. The molecule has 108 valence electrons. The van der Waals surface area contributed by atoms with E-state index in [2.05, 4.69) is 25.1 Å². The van der Waals surface area contributed by atoms with Crippen LogP contribution in [0.3, 0.4) is 0 Å². The van der Waals surface area contributed by atoms with Gasteiger partial charge in [0, 0.05) is 17.1 Å². The summed E-state index contributed by atoms with van der Waals surface area (Å²) in [7, 11) is 0. The number of halogens is 2. The van der Waals surface area contributed by atoms with Gasteiger partial charge in [-0.15, -0.1) is 24.8 Å². The van der Waals surface area contributed by atoms with Crippen molar-refractivity contribution in [1.29, 1.82) is 0 Å². The molecule has 1 aromatic carbocycles. The van der Waals surface area contributed by atoms with Crippen LogP contribution in [0.5, 0.6) is 0 Å². The lowest BCUT2D eigenvalue weighted by Gasteiger charge is -2.03. The van der Waals surface area contributed by atoms with E-state index in [9.17, 15) is 0 Å². The van der Waals surface area contributed by atoms with Gasteiger partial charge in [0.2, 0.25) is 0 Å². The monoisotopic (exact) mass is 322 g/mol. The largest absolute Gasteiger partial charge is 0.382 e. The maximum atomic E-state index is 5.92. The number of nitrogen functional groups attached to an aromatic ring is 1. The molecule has 0 saturated carbocycles. The van der Waals surface area contributed by atoms with Gasteiger partial charge in [-0.3, -0.25) is 5.10 Å². The van der Waals surface area contributed by atoms with Crippen molar-refractivity contribution < 1.29 is 0 Å². The second kappa shape index (κ2) is 5.59. The molecule has 0 fully saturated rings. The molecule has 4 N–H and O–H groups in total. The molecule has 21 heavy (non-hydrogen) atoms. The van der Waals surface area contributed by atoms with Gasteiger partial charge >= 0.3 is 0 Å². The van der Waals surface area contributed by atoms with Crippen molar-refractivity contribution >= 4 is 52.6 Å². The Bertz CT molecular complexity index is 884. The van der Waals surface area contributed by atoms with E-state index < -0.39 is 0 Å². The minimum absolute atomic E-state index is 0. The molecule has 4 aromatic rings. The Balaban J connectivity index is 0.000000807. The van der Waals surface area contributed by atoms with Crippen molar-refractivity contribution in [3.8, 4) is 11.3 Å². The smallest absolute Gasteiger partial charge is 0.152 e. The highest BCUT2D eigenvalue weighted by atomic mass is 35.5. The maximum Gasteiger partial charge on any atom is 0.152 e. The van der Waals surface area contributed by atoms with Crippen molar-refractivity contribution in [2.75, 3.05) is 5.73 Å². The minimum atomic E-state index is 0. The molecule has 0 amide bonds. The molecule has 0 atom stereocenters. The zero-order chi connectivity index (χ0) is 12.8. The number of hydrogen-bond acceptors (Lipinski definition) is 4. The lowest BCUT2D eigenvalue weighted by molar-refractivity contribution is 1.10. The van der Waals surface area contributed by atoms with E-state index in [0.29, 0.717) is 11.3 Å². The zero-order valence-electron chi connectivity index (χ0n) is 10.7. The van der Waals surface area contributed by atoms with Crippen molar-refractivity contribution in [2.24, 2.45) is 0 Å². The summed E-state index contributed by atoms with van der Waals surface area (Å²) in [5.74, 6) is 0.433. The van der Waals surface area contributed by atoms with E-state index in [-0.39, 0.29) is 24.8 Å². The normalized spacial score (nSPS) is 10.3. The quantitative estimate of drug-likeness (QED) is 0.502. The van der Waals surface area contributed by atoms with Gasteiger partial charge in [0.05, 0.1) is 23.1 Å². The van der Waals surface area contributed by atoms with Crippen LogP contribution < -0.4 is 5.73 Å². The van der Waals surface area contributed by atoms with E-state index >= 15 is 0 Å². The van der Waals surface area contributed by atoms with E-state index in [1.54, 1.807) is 12.5 Å². The summed E-state index contributed by atoms with van der Waals surface area (Å²) in [6, 6.07) is 7.91. The third-order valence-corrected chi connectivity index (χ3v) is 3.19. The molecule has 0 bridgehead atoms. The zero-order valence-corrected chi connectivity index (χ0v) is 12.3. The summed E-state index contributed by atoms with van der Waals surface area (Å²) in [6.45, 7) is 0. The van der Waals surface area contributed by atoms with Crippen molar-refractivity contribution in [3.05, 3.63) is 36.8 Å². The lowest BCUT2D eigenvalue weighted by Crippen LogP contribution is -1.93. The van der Waals surface area contributed by atoms with E-state index in [4.69, 9.17) is 5.73 Å². The molecule has 0 spiro atoms. The second-order valence-corrected chi connectivity index (χ2v) is 4.31. The van der Waals surface area contributed by atoms with Gasteiger partial charge in [0.15, 0.2) is 5.82 Å². The van der Waals surface area contributed by atoms with E-state index in [1.165, 1.54) is 0 Å². The van der Waals surface area contributed by atoms with E-state index in [1.807, 2.05) is 24.3 Å². The third-order valence-electron chi connectivity index (χ3n) is 3.19. The minimum Gasteiger partial charge on any atom is -0.382 e. The van der Waals surface area contributed by atoms with Gasteiger partial charge in [-0.05, 0) is 18.2 Å². The Kier molecular flexibility index (Phi) is 4.02. The number of benzene rings is 1. The fourth-order valence-corrected chi connectivity index (χ4v) is 2.29. The lowest BCUT2D eigenvalue weighted by atomic mass is 10.1. The van der Waals surface area contributed by atoms with Crippen LogP contribution in [-0.4, -0.2) is 25.1 Å². The van der Waals surface area contributed by atoms with Gasteiger partial charge in [-0.25, -0.2) is 9.97 Å². The molecule has 0 radical (unpaired) electrons. The summed E-state index contributed by atoms with van der Waals surface area (Å²) in [6.07, 6.45) is 3.42. The third kappa shape index (κ3) is 2.28. The van der Waals surface area contributed by atoms with Crippen LogP contribution in [0.2, 0.25) is 0 Å². The summed E-state index contributed by atoms with van der Waals surface area (Å²) < 4.78 is 0. The molecule has 8 heteroatoms. The van der Waals surface area contributed by atoms with Gasteiger partial charge < -0.3 is 10.7 Å². The Morgan fingerprint density at radius 1 is 1.10 bits per heavy atom. The molecule has 0 saturated heterocycles. The number of aromatic amines is 2. The van der Waals surface area contributed by atoms with Crippen LogP contribution in [0.15, 0.2) is 36.8 Å². The molecule has 0 aliphatic rings.